The minimum absolute atomic E-state index is 0.384. The van der Waals surface area contributed by atoms with E-state index in [1.54, 1.807) is 6.92 Å². The number of alkyl halides is 3. The number of nitrogens with zero attached hydrogens (tertiary/aromatic N) is 2. The predicted octanol–water partition coefficient (Wildman–Crippen LogP) is 3.60. The van der Waals surface area contributed by atoms with Crippen molar-refractivity contribution in [2.24, 2.45) is 5.73 Å². The summed E-state index contributed by atoms with van der Waals surface area (Å²) in [4.78, 5) is 0. The molecule has 20 heavy (non-hydrogen) atoms. The van der Waals surface area contributed by atoms with Gasteiger partial charge in [-0.1, -0.05) is 28.1 Å². The fourth-order valence-electron chi connectivity index (χ4n) is 2.02. The van der Waals surface area contributed by atoms with Gasteiger partial charge in [0.1, 0.15) is 0 Å². The maximum absolute atomic E-state index is 12.6. The molecule has 2 aromatic rings. The molecule has 2 unspecified atom stereocenters. The minimum Gasteiger partial charge on any atom is -0.326 e. The van der Waals surface area contributed by atoms with E-state index in [-0.39, 0.29) is 6.04 Å². The first-order valence-corrected chi connectivity index (χ1v) is 6.70. The molecule has 0 bridgehead atoms. The van der Waals surface area contributed by atoms with E-state index in [4.69, 9.17) is 5.73 Å². The van der Waals surface area contributed by atoms with Crippen LogP contribution >= 0.6 is 15.9 Å². The van der Waals surface area contributed by atoms with E-state index in [1.165, 1.54) is 4.68 Å². The second kappa shape index (κ2) is 5.57. The number of aromatic nitrogens is 2. The van der Waals surface area contributed by atoms with Crippen LogP contribution in [0, 0.1) is 0 Å². The zero-order valence-electron chi connectivity index (χ0n) is 10.6. The van der Waals surface area contributed by atoms with Crippen LogP contribution in [-0.4, -0.2) is 15.8 Å². The van der Waals surface area contributed by atoms with E-state index in [2.05, 4.69) is 21.0 Å². The smallest absolute Gasteiger partial charge is 0.326 e. The van der Waals surface area contributed by atoms with Gasteiger partial charge in [-0.05, 0) is 24.6 Å². The van der Waals surface area contributed by atoms with E-state index >= 15 is 0 Å². The molecule has 0 saturated carbocycles. The Morgan fingerprint density at radius 1 is 1.35 bits per heavy atom. The fourth-order valence-corrected chi connectivity index (χ4v) is 2.44. The van der Waals surface area contributed by atoms with Crippen LogP contribution in [0.5, 0.6) is 0 Å². The molecule has 0 amide bonds. The molecule has 108 valence electrons. The molecule has 7 heteroatoms. The molecular formula is C13H13BrF3N3. The van der Waals surface area contributed by atoms with Gasteiger partial charge in [0.2, 0.25) is 0 Å². The van der Waals surface area contributed by atoms with Gasteiger partial charge in [-0.2, -0.15) is 18.3 Å². The average Bonchev–Trinajstić information content (AvgIpc) is 2.77. The third-order valence-electron chi connectivity index (χ3n) is 2.90. The van der Waals surface area contributed by atoms with E-state index in [9.17, 15) is 13.2 Å². The van der Waals surface area contributed by atoms with Crippen LogP contribution in [0.1, 0.15) is 24.1 Å². The summed E-state index contributed by atoms with van der Waals surface area (Å²) >= 11 is 3.34. The van der Waals surface area contributed by atoms with Crippen LogP contribution in [0.3, 0.4) is 0 Å². The van der Waals surface area contributed by atoms with E-state index in [0.717, 1.165) is 22.4 Å². The summed E-state index contributed by atoms with van der Waals surface area (Å²) < 4.78 is 40.0. The van der Waals surface area contributed by atoms with E-state index in [0.29, 0.717) is 0 Å². The summed E-state index contributed by atoms with van der Waals surface area (Å²) in [5.74, 6) is 0. The molecule has 1 heterocycles. The molecule has 0 fully saturated rings. The Balaban J connectivity index is 2.42. The number of halogens is 4. The van der Waals surface area contributed by atoms with Crippen molar-refractivity contribution in [3.8, 4) is 0 Å². The lowest BCUT2D eigenvalue weighted by Crippen LogP contribution is -2.30. The summed E-state index contributed by atoms with van der Waals surface area (Å²) in [6, 6.07) is 6.44. The van der Waals surface area contributed by atoms with Gasteiger partial charge in [-0.15, -0.1) is 0 Å². The largest absolute Gasteiger partial charge is 0.419 e. The van der Waals surface area contributed by atoms with Crippen molar-refractivity contribution in [3.63, 3.8) is 0 Å². The first kappa shape index (κ1) is 15.1. The highest BCUT2D eigenvalue weighted by Gasteiger charge is 2.33. The van der Waals surface area contributed by atoms with Crippen LogP contribution < -0.4 is 5.73 Å². The van der Waals surface area contributed by atoms with Crippen molar-refractivity contribution in [2.45, 2.75) is 25.2 Å². The van der Waals surface area contributed by atoms with Gasteiger partial charge >= 0.3 is 6.18 Å². The van der Waals surface area contributed by atoms with Crippen LogP contribution in [0.25, 0.3) is 0 Å². The van der Waals surface area contributed by atoms with Gasteiger partial charge in [0, 0.05) is 16.7 Å². The highest BCUT2D eigenvalue weighted by Crippen LogP contribution is 2.31. The lowest BCUT2D eigenvalue weighted by atomic mass is 10.0. The van der Waals surface area contributed by atoms with Gasteiger partial charge < -0.3 is 5.73 Å². The Morgan fingerprint density at radius 3 is 2.55 bits per heavy atom. The third-order valence-corrected chi connectivity index (χ3v) is 3.40. The molecule has 0 saturated heterocycles. The van der Waals surface area contributed by atoms with Crippen molar-refractivity contribution in [1.82, 2.24) is 9.78 Å². The van der Waals surface area contributed by atoms with Crippen molar-refractivity contribution in [1.29, 1.82) is 0 Å². The molecule has 2 atom stereocenters. The van der Waals surface area contributed by atoms with Crippen LogP contribution in [0.15, 0.2) is 41.1 Å². The van der Waals surface area contributed by atoms with Gasteiger partial charge in [-0.3, -0.25) is 4.68 Å². The molecule has 1 aromatic carbocycles. The molecule has 0 aliphatic heterocycles. The zero-order chi connectivity index (χ0) is 14.9. The van der Waals surface area contributed by atoms with Crippen molar-refractivity contribution in [2.75, 3.05) is 0 Å². The topological polar surface area (TPSA) is 43.8 Å². The third kappa shape index (κ3) is 3.21. The van der Waals surface area contributed by atoms with Crippen LogP contribution in [-0.2, 0) is 6.18 Å². The molecule has 2 rings (SSSR count). The van der Waals surface area contributed by atoms with E-state index in [1.807, 2.05) is 24.3 Å². The maximum Gasteiger partial charge on any atom is 0.419 e. The number of rotatable bonds is 3. The summed E-state index contributed by atoms with van der Waals surface area (Å²) in [5, 5.41) is 3.81. The first-order chi connectivity index (χ1) is 9.29. The first-order valence-electron chi connectivity index (χ1n) is 5.91. The molecule has 0 aliphatic carbocycles. The maximum atomic E-state index is 12.6. The van der Waals surface area contributed by atoms with Crippen LogP contribution in [0.2, 0.25) is 0 Å². The second-order valence-electron chi connectivity index (χ2n) is 4.57. The molecule has 3 nitrogen and oxygen atoms in total. The van der Waals surface area contributed by atoms with Crippen molar-refractivity contribution < 1.29 is 13.2 Å². The predicted molar refractivity (Wildman–Crippen MR) is 73.2 cm³/mol. The minimum atomic E-state index is -4.40. The molecule has 0 radical (unpaired) electrons. The van der Waals surface area contributed by atoms with Gasteiger partial charge in [0.15, 0.2) is 0 Å². The summed E-state index contributed by atoms with van der Waals surface area (Å²) in [6.45, 7) is 1.74. The van der Waals surface area contributed by atoms with E-state index < -0.39 is 17.8 Å². The fraction of sp³-hybridized carbons (Fsp3) is 0.308. The Labute approximate surface area is 122 Å². The van der Waals surface area contributed by atoms with Gasteiger partial charge in [-0.25, -0.2) is 0 Å². The Hall–Kier alpha value is -1.34. The number of hydrogen-bond donors (Lipinski definition) is 1. The molecular weight excluding hydrogens is 335 g/mol. The Kier molecular flexibility index (Phi) is 4.19. The number of nitrogens with two attached hydrogens (primary N) is 1. The normalized spacial score (nSPS) is 15.1. The SMILES string of the molecule is CC(N)C(c1cccc(Br)c1)n1cc(C(F)(F)F)cn1. The molecule has 1 aromatic heterocycles. The number of hydrogen-bond acceptors (Lipinski definition) is 2. The number of benzene rings is 1. The lowest BCUT2D eigenvalue weighted by Gasteiger charge is -2.22. The lowest BCUT2D eigenvalue weighted by molar-refractivity contribution is -0.137. The zero-order valence-corrected chi connectivity index (χ0v) is 12.2. The molecule has 2 N–H and O–H groups in total. The standard InChI is InChI=1S/C13H13BrF3N3/c1-8(18)12(9-3-2-4-11(14)5-9)20-7-10(6-19-20)13(15,16)17/h2-8,12H,18H2,1H3. The molecule has 0 aliphatic rings. The molecule has 0 spiro atoms. The van der Waals surface area contributed by atoms with Gasteiger partial charge in [0.25, 0.3) is 0 Å². The second-order valence-corrected chi connectivity index (χ2v) is 5.48. The quantitative estimate of drug-likeness (QED) is 0.921. The monoisotopic (exact) mass is 347 g/mol. The Morgan fingerprint density at radius 2 is 2.05 bits per heavy atom. The van der Waals surface area contributed by atoms with Crippen molar-refractivity contribution >= 4 is 15.9 Å². The summed E-state index contributed by atoms with van der Waals surface area (Å²) in [7, 11) is 0. The average molecular weight is 348 g/mol. The summed E-state index contributed by atoms with van der Waals surface area (Å²) in [6.07, 6.45) is -2.61. The highest BCUT2D eigenvalue weighted by molar-refractivity contribution is 9.10. The van der Waals surface area contributed by atoms with Crippen molar-refractivity contribution in [3.05, 3.63) is 52.3 Å². The Bertz CT molecular complexity index is 593. The summed E-state index contributed by atoms with van der Waals surface area (Å²) in [5.41, 5.74) is 5.93. The van der Waals surface area contributed by atoms with Crippen LogP contribution in [0.4, 0.5) is 13.2 Å². The van der Waals surface area contributed by atoms with Gasteiger partial charge in [0.05, 0.1) is 17.8 Å². The highest BCUT2D eigenvalue weighted by atomic mass is 79.9.